The lowest BCUT2D eigenvalue weighted by molar-refractivity contribution is 0.156. The lowest BCUT2D eigenvalue weighted by atomic mass is 9.87. The average Bonchev–Trinajstić information content (AvgIpc) is 3.25. The molecule has 0 saturated carbocycles. The van der Waals surface area contributed by atoms with Gasteiger partial charge in [-0.05, 0) is 64.6 Å². The van der Waals surface area contributed by atoms with Crippen molar-refractivity contribution in [2.75, 3.05) is 59.0 Å². The number of rotatable bonds is 5. The van der Waals surface area contributed by atoms with Gasteiger partial charge in [0, 0.05) is 38.2 Å². The van der Waals surface area contributed by atoms with Gasteiger partial charge in [0.1, 0.15) is 0 Å². The van der Waals surface area contributed by atoms with E-state index in [0.717, 1.165) is 51.3 Å². The minimum atomic E-state index is 0.406. The molecule has 0 bridgehead atoms. The van der Waals surface area contributed by atoms with Crippen molar-refractivity contribution in [1.82, 2.24) is 15.1 Å². The van der Waals surface area contributed by atoms with Crippen LogP contribution < -0.4 is 5.32 Å². The Kier molecular flexibility index (Phi) is 6.39. The Morgan fingerprint density at radius 3 is 2.71 bits per heavy atom. The fourth-order valence-corrected chi connectivity index (χ4v) is 4.46. The zero-order chi connectivity index (χ0) is 16.8. The molecule has 0 aliphatic carbocycles. The van der Waals surface area contributed by atoms with Crippen molar-refractivity contribution >= 4 is 5.96 Å². The van der Waals surface area contributed by atoms with Gasteiger partial charge in [0.25, 0.3) is 0 Å². The van der Waals surface area contributed by atoms with Crippen LogP contribution in [0.4, 0.5) is 0 Å². The van der Waals surface area contributed by atoms with Gasteiger partial charge in [-0.15, -0.1) is 0 Å². The summed E-state index contributed by atoms with van der Waals surface area (Å²) in [6, 6.07) is 0. The zero-order valence-electron chi connectivity index (χ0n) is 15.7. The summed E-state index contributed by atoms with van der Waals surface area (Å²) in [5.74, 6) is 2.00. The van der Waals surface area contributed by atoms with Crippen LogP contribution in [0.25, 0.3) is 0 Å². The molecule has 138 valence electrons. The molecule has 1 unspecified atom stereocenters. The lowest BCUT2D eigenvalue weighted by Gasteiger charge is -2.30. The first-order valence-electron chi connectivity index (χ1n) is 10.1. The minimum absolute atomic E-state index is 0.406. The molecule has 0 radical (unpaired) electrons. The van der Waals surface area contributed by atoms with Crippen LogP contribution in [-0.4, -0.2) is 74.8 Å². The average molecular weight is 337 g/mol. The highest BCUT2D eigenvalue weighted by atomic mass is 16.5. The van der Waals surface area contributed by atoms with Crippen LogP contribution in [0.15, 0.2) is 4.99 Å². The molecule has 3 heterocycles. The molecule has 0 aromatic carbocycles. The molecule has 1 N–H and O–H groups in total. The topological polar surface area (TPSA) is 40.1 Å². The van der Waals surface area contributed by atoms with E-state index in [1.807, 2.05) is 0 Å². The number of nitrogens with one attached hydrogen (secondary N) is 1. The molecular weight excluding hydrogens is 300 g/mol. The third-order valence-electron chi connectivity index (χ3n) is 6.21. The maximum absolute atomic E-state index is 5.66. The molecule has 1 atom stereocenters. The zero-order valence-corrected chi connectivity index (χ0v) is 15.7. The summed E-state index contributed by atoms with van der Waals surface area (Å²) in [5.41, 5.74) is 0.406. The van der Waals surface area contributed by atoms with Crippen LogP contribution in [0.1, 0.15) is 46.0 Å². The number of piperidine rings is 1. The summed E-state index contributed by atoms with van der Waals surface area (Å²) in [4.78, 5) is 10.00. The number of ether oxygens (including phenoxy) is 1. The summed E-state index contributed by atoms with van der Waals surface area (Å²) in [6.07, 6.45) is 6.43. The molecule has 0 amide bonds. The number of aliphatic imine (C=N–C) groups is 1. The van der Waals surface area contributed by atoms with Crippen LogP contribution in [0, 0.1) is 11.3 Å². The van der Waals surface area contributed by atoms with Crippen LogP contribution >= 0.6 is 0 Å². The van der Waals surface area contributed by atoms with E-state index in [4.69, 9.17) is 9.73 Å². The predicted molar refractivity (Wildman–Crippen MR) is 99.5 cm³/mol. The summed E-state index contributed by atoms with van der Waals surface area (Å²) in [6.45, 7) is 14.3. The van der Waals surface area contributed by atoms with Crippen molar-refractivity contribution in [3.8, 4) is 0 Å². The van der Waals surface area contributed by atoms with Crippen molar-refractivity contribution in [3.05, 3.63) is 0 Å². The molecule has 3 rings (SSSR count). The van der Waals surface area contributed by atoms with Crippen molar-refractivity contribution in [2.45, 2.75) is 46.0 Å². The summed E-state index contributed by atoms with van der Waals surface area (Å²) in [5, 5.41) is 3.51. The van der Waals surface area contributed by atoms with Gasteiger partial charge in [-0.1, -0.05) is 6.92 Å². The molecule has 0 aromatic heterocycles. The van der Waals surface area contributed by atoms with E-state index in [9.17, 15) is 0 Å². The number of hydrogen-bond donors (Lipinski definition) is 1. The van der Waals surface area contributed by atoms with Gasteiger partial charge in [-0.3, -0.25) is 4.99 Å². The highest BCUT2D eigenvalue weighted by molar-refractivity contribution is 5.80. The molecule has 3 aliphatic heterocycles. The first-order chi connectivity index (χ1) is 11.7. The van der Waals surface area contributed by atoms with Crippen molar-refractivity contribution < 1.29 is 4.74 Å². The predicted octanol–water partition coefficient (Wildman–Crippen LogP) is 2.19. The minimum Gasteiger partial charge on any atom is -0.381 e. The van der Waals surface area contributed by atoms with Crippen molar-refractivity contribution in [1.29, 1.82) is 0 Å². The van der Waals surface area contributed by atoms with E-state index in [0.29, 0.717) is 5.41 Å². The second kappa shape index (κ2) is 8.52. The quantitative estimate of drug-likeness (QED) is 0.617. The van der Waals surface area contributed by atoms with Gasteiger partial charge < -0.3 is 19.9 Å². The van der Waals surface area contributed by atoms with Crippen LogP contribution in [0.2, 0.25) is 0 Å². The second-order valence-corrected chi connectivity index (χ2v) is 7.88. The van der Waals surface area contributed by atoms with Gasteiger partial charge >= 0.3 is 0 Å². The first kappa shape index (κ1) is 18.0. The molecule has 3 aliphatic rings. The number of guanidine groups is 1. The van der Waals surface area contributed by atoms with E-state index in [2.05, 4.69) is 29.0 Å². The smallest absolute Gasteiger partial charge is 0.193 e. The standard InChI is InChI=1S/C19H36N4O/c1-3-20-18(23-13-8-19(15-23)9-14-24-16-19)21-10-5-17-6-11-22(4-2)12-7-17/h17H,3-16H2,1-2H3,(H,20,21). The fraction of sp³-hybridized carbons (Fsp3) is 0.947. The normalized spacial score (nSPS) is 29.8. The Morgan fingerprint density at radius 2 is 2.04 bits per heavy atom. The molecule has 1 spiro atoms. The lowest BCUT2D eigenvalue weighted by Crippen LogP contribution is -2.41. The van der Waals surface area contributed by atoms with Crippen LogP contribution in [0.3, 0.4) is 0 Å². The first-order valence-corrected chi connectivity index (χ1v) is 10.1. The number of hydrogen-bond acceptors (Lipinski definition) is 3. The van der Waals surface area contributed by atoms with E-state index in [1.165, 1.54) is 51.7 Å². The monoisotopic (exact) mass is 336 g/mol. The maximum Gasteiger partial charge on any atom is 0.193 e. The molecule has 3 saturated heterocycles. The maximum atomic E-state index is 5.66. The highest BCUT2D eigenvalue weighted by Gasteiger charge is 2.42. The van der Waals surface area contributed by atoms with E-state index < -0.39 is 0 Å². The molecule has 24 heavy (non-hydrogen) atoms. The van der Waals surface area contributed by atoms with Gasteiger partial charge in [0.05, 0.1) is 6.61 Å². The molecule has 5 heteroatoms. The fourth-order valence-electron chi connectivity index (χ4n) is 4.46. The van der Waals surface area contributed by atoms with E-state index >= 15 is 0 Å². The van der Waals surface area contributed by atoms with Crippen LogP contribution in [0.5, 0.6) is 0 Å². The van der Waals surface area contributed by atoms with Crippen molar-refractivity contribution in [2.24, 2.45) is 16.3 Å². The molecule has 0 aromatic rings. The second-order valence-electron chi connectivity index (χ2n) is 7.88. The van der Waals surface area contributed by atoms with E-state index in [-0.39, 0.29) is 0 Å². The highest BCUT2D eigenvalue weighted by Crippen LogP contribution is 2.38. The SMILES string of the molecule is CCNC(=NCCC1CCN(CC)CC1)N1CCC2(CCOC2)C1. The third-order valence-corrected chi connectivity index (χ3v) is 6.21. The summed E-state index contributed by atoms with van der Waals surface area (Å²) >= 11 is 0. The Labute approximate surface area is 147 Å². The Morgan fingerprint density at radius 1 is 1.21 bits per heavy atom. The Balaban J connectivity index is 1.47. The molecular formula is C19H36N4O. The van der Waals surface area contributed by atoms with Gasteiger partial charge in [0.2, 0.25) is 0 Å². The van der Waals surface area contributed by atoms with E-state index in [1.54, 1.807) is 0 Å². The Bertz CT molecular complexity index is 412. The van der Waals surface area contributed by atoms with Gasteiger partial charge in [-0.2, -0.15) is 0 Å². The van der Waals surface area contributed by atoms with Gasteiger partial charge in [0.15, 0.2) is 5.96 Å². The van der Waals surface area contributed by atoms with Crippen LogP contribution in [-0.2, 0) is 4.74 Å². The Hall–Kier alpha value is -0.810. The van der Waals surface area contributed by atoms with Crippen molar-refractivity contribution in [3.63, 3.8) is 0 Å². The summed E-state index contributed by atoms with van der Waals surface area (Å²) < 4.78 is 5.66. The molecule has 3 fully saturated rings. The number of nitrogens with zero attached hydrogens (tertiary/aromatic N) is 3. The third kappa shape index (κ3) is 4.42. The van der Waals surface area contributed by atoms with Gasteiger partial charge in [-0.25, -0.2) is 0 Å². The summed E-state index contributed by atoms with van der Waals surface area (Å²) in [7, 11) is 0. The largest absolute Gasteiger partial charge is 0.381 e. The number of likely N-dealkylation sites (tertiary alicyclic amines) is 2. The molecule has 5 nitrogen and oxygen atoms in total.